The highest BCUT2D eigenvalue weighted by molar-refractivity contribution is 6.31. The summed E-state index contributed by atoms with van der Waals surface area (Å²) in [6.45, 7) is 1.45. The summed E-state index contributed by atoms with van der Waals surface area (Å²) in [5, 5.41) is 3.61. The number of para-hydroxylation sites is 2. The van der Waals surface area contributed by atoms with E-state index in [0.717, 1.165) is 36.0 Å². The number of hydrogen-bond donors (Lipinski definition) is 2. The average Bonchev–Trinajstić information content (AvgIpc) is 3.08. The summed E-state index contributed by atoms with van der Waals surface area (Å²) >= 11 is 6.19. The van der Waals surface area contributed by atoms with Crippen molar-refractivity contribution in [3.05, 3.63) is 47.5 Å². The van der Waals surface area contributed by atoms with Gasteiger partial charge in [0.1, 0.15) is 5.82 Å². The van der Waals surface area contributed by atoms with Gasteiger partial charge in [-0.25, -0.2) is 4.98 Å². The molecule has 0 radical (unpaired) electrons. The Kier molecular flexibility index (Phi) is 4.91. The Bertz CT molecular complexity index is 899. The minimum absolute atomic E-state index is 0.0137. The highest BCUT2D eigenvalue weighted by Gasteiger charge is 2.19. The summed E-state index contributed by atoms with van der Waals surface area (Å²) in [6.07, 6.45) is 2.51. The number of ether oxygens (including phenoxy) is 1. The number of rotatable bonds is 4. The summed E-state index contributed by atoms with van der Waals surface area (Å²) in [6, 6.07) is 13.2. The molecule has 0 aliphatic carbocycles. The Hall–Kier alpha value is -2.37. The lowest BCUT2D eigenvalue weighted by Crippen LogP contribution is -2.23. The highest BCUT2D eigenvalue weighted by Crippen LogP contribution is 2.31. The number of fused-ring (bicyclic) bond motifs is 1. The van der Waals surface area contributed by atoms with Crippen molar-refractivity contribution in [1.82, 2.24) is 9.97 Å². The molecule has 26 heavy (non-hydrogen) atoms. The number of carbonyl (C=O) groups is 1. The zero-order chi connectivity index (χ0) is 17.9. The smallest absolute Gasteiger partial charge is 0.224 e. The minimum atomic E-state index is -0.0137. The molecule has 1 atom stereocenters. The Morgan fingerprint density at radius 3 is 3.00 bits per heavy atom. The Morgan fingerprint density at radius 2 is 2.19 bits per heavy atom. The summed E-state index contributed by atoms with van der Waals surface area (Å²) in [5.41, 5.74) is 3.30. The topological polar surface area (TPSA) is 67.0 Å². The predicted octanol–water partition coefficient (Wildman–Crippen LogP) is 4.64. The number of carbonyl (C=O) groups excluding carboxylic acids is 1. The van der Waals surface area contributed by atoms with Crippen LogP contribution in [0.4, 0.5) is 5.69 Å². The maximum absolute atomic E-state index is 12.5. The number of nitrogens with zero attached hydrogens (tertiary/aromatic N) is 1. The average molecular weight is 370 g/mol. The van der Waals surface area contributed by atoms with E-state index in [1.165, 1.54) is 0 Å². The number of hydrogen-bond acceptors (Lipinski definition) is 3. The van der Waals surface area contributed by atoms with Crippen LogP contribution in [0.15, 0.2) is 42.5 Å². The molecule has 4 rings (SSSR count). The molecule has 1 aliphatic heterocycles. The number of halogens is 1. The van der Waals surface area contributed by atoms with E-state index >= 15 is 0 Å². The Morgan fingerprint density at radius 1 is 1.31 bits per heavy atom. The van der Waals surface area contributed by atoms with Crippen molar-refractivity contribution in [2.45, 2.75) is 19.3 Å². The number of amides is 1. The van der Waals surface area contributed by atoms with E-state index in [1.807, 2.05) is 36.4 Å². The lowest BCUT2D eigenvalue weighted by atomic mass is 9.98. The molecule has 134 valence electrons. The number of nitrogens with one attached hydrogen (secondary N) is 2. The van der Waals surface area contributed by atoms with Crippen molar-refractivity contribution < 1.29 is 9.53 Å². The predicted molar refractivity (Wildman–Crippen MR) is 103 cm³/mol. The first-order valence-electron chi connectivity index (χ1n) is 8.81. The van der Waals surface area contributed by atoms with Gasteiger partial charge in [-0.2, -0.15) is 0 Å². The molecule has 0 bridgehead atoms. The largest absolute Gasteiger partial charge is 0.381 e. The van der Waals surface area contributed by atoms with Crippen molar-refractivity contribution in [2.24, 2.45) is 5.92 Å². The molecule has 3 aromatic rings. The van der Waals surface area contributed by atoms with Gasteiger partial charge in [0.15, 0.2) is 0 Å². The van der Waals surface area contributed by atoms with Crippen LogP contribution < -0.4 is 5.32 Å². The first kappa shape index (κ1) is 17.1. The molecule has 2 heterocycles. The van der Waals surface area contributed by atoms with Crippen LogP contribution in [0.1, 0.15) is 19.3 Å². The summed E-state index contributed by atoms with van der Waals surface area (Å²) in [7, 11) is 0. The molecule has 1 saturated heterocycles. The Labute approximate surface area is 156 Å². The number of H-pyrrole nitrogens is 1. The van der Waals surface area contributed by atoms with Crippen molar-refractivity contribution in [2.75, 3.05) is 18.5 Å². The maximum atomic E-state index is 12.5. The van der Waals surface area contributed by atoms with Gasteiger partial charge < -0.3 is 15.0 Å². The zero-order valence-electron chi connectivity index (χ0n) is 14.3. The first-order chi connectivity index (χ1) is 12.7. The molecule has 1 fully saturated rings. The SMILES string of the molecule is O=C(CC1CCCOC1)Nc1ccc(Cl)cc1-c1nc2ccccc2[nH]1. The van der Waals surface area contributed by atoms with E-state index in [-0.39, 0.29) is 11.8 Å². The van der Waals surface area contributed by atoms with Crippen LogP contribution >= 0.6 is 11.6 Å². The monoisotopic (exact) mass is 369 g/mol. The van der Waals surface area contributed by atoms with Crippen LogP contribution in [0.3, 0.4) is 0 Å². The van der Waals surface area contributed by atoms with Crippen LogP contribution in [-0.4, -0.2) is 29.1 Å². The second-order valence-electron chi connectivity index (χ2n) is 6.63. The maximum Gasteiger partial charge on any atom is 0.224 e. The number of imidazole rings is 1. The van der Waals surface area contributed by atoms with Gasteiger partial charge in [-0.15, -0.1) is 0 Å². The van der Waals surface area contributed by atoms with Gasteiger partial charge in [-0.1, -0.05) is 23.7 Å². The molecule has 1 aliphatic rings. The van der Waals surface area contributed by atoms with Crippen LogP contribution in [0.2, 0.25) is 5.02 Å². The minimum Gasteiger partial charge on any atom is -0.381 e. The summed E-state index contributed by atoms with van der Waals surface area (Å²) < 4.78 is 5.46. The van der Waals surface area contributed by atoms with E-state index in [2.05, 4.69) is 15.3 Å². The van der Waals surface area contributed by atoms with Crippen LogP contribution in [-0.2, 0) is 9.53 Å². The summed E-state index contributed by atoms with van der Waals surface area (Å²) in [4.78, 5) is 20.4. The third-order valence-electron chi connectivity index (χ3n) is 4.63. The fourth-order valence-corrected chi connectivity index (χ4v) is 3.51. The van der Waals surface area contributed by atoms with Gasteiger partial charge >= 0.3 is 0 Å². The van der Waals surface area contributed by atoms with Gasteiger partial charge in [-0.3, -0.25) is 4.79 Å². The lowest BCUT2D eigenvalue weighted by Gasteiger charge is -2.21. The molecule has 2 N–H and O–H groups in total. The van der Waals surface area contributed by atoms with Gasteiger partial charge in [0.05, 0.1) is 16.7 Å². The molecular weight excluding hydrogens is 350 g/mol. The van der Waals surface area contributed by atoms with Crippen molar-refractivity contribution in [3.63, 3.8) is 0 Å². The van der Waals surface area contributed by atoms with Gasteiger partial charge in [-0.05, 0) is 49.1 Å². The number of aromatic amines is 1. The molecule has 5 nitrogen and oxygen atoms in total. The molecule has 1 amide bonds. The van der Waals surface area contributed by atoms with Crippen molar-refractivity contribution in [3.8, 4) is 11.4 Å². The van der Waals surface area contributed by atoms with Gasteiger partial charge in [0.25, 0.3) is 0 Å². The quantitative estimate of drug-likeness (QED) is 0.704. The second kappa shape index (κ2) is 7.48. The standard InChI is InChI=1S/C20H20ClN3O2/c21-14-7-8-16(22-19(25)10-13-4-3-9-26-12-13)15(11-14)20-23-17-5-1-2-6-18(17)24-20/h1-2,5-8,11,13H,3-4,9-10,12H2,(H,22,25)(H,23,24). The number of anilines is 1. The lowest BCUT2D eigenvalue weighted by molar-refractivity contribution is -0.118. The summed E-state index contributed by atoms with van der Waals surface area (Å²) in [5.74, 6) is 0.955. The second-order valence-corrected chi connectivity index (χ2v) is 7.06. The number of aromatic nitrogens is 2. The zero-order valence-corrected chi connectivity index (χ0v) is 15.1. The van der Waals surface area contributed by atoms with E-state index < -0.39 is 0 Å². The number of benzene rings is 2. The van der Waals surface area contributed by atoms with Gasteiger partial charge in [0, 0.05) is 30.2 Å². The van der Waals surface area contributed by atoms with E-state index in [4.69, 9.17) is 16.3 Å². The normalized spacial score (nSPS) is 17.3. The van der Waals surface area contributed by atoms with Crippen LogP contribution in [0.5, 0.6) is 0 Å². The first-order valence-corrected chi connectivity index (χ1v) is 9.19. The van der Waals surface area contributed by atoms with Crippen LogP contribution in [0.25, 0.3) is 22.4 Å². The highest BCUT2D eigenvalue weighted by atomic mass is 35.5. The molecule has 0 spiro atoms. The van der Waals surface area contributed by atoms with E-state index in [1.54, 1.807) is 6.07 Å². The third-order valence-corrected chi connectivity index (χ3v) is 4.86. The molecular formula is C20H20ClN3O2. The molecule has 6 heteroatoms. The van der Waals surface area contributed by atoms with Gasteiger partial charge in [0.2, 0.25) is 5.91 Å². The van der Waals surface area contributed by atoms with E-state index in [9.17, 15) is 4.79 Å². The fraction of sp³-hybridized carbons (Fsp3) is 0.300. The fourth-order valence-electron chi connectivity index (χ4n) is 3.33. The molecule has 0 saturated carbocycles. The molecule has 2 aromatic carbocycles. The molecule has 1 aromatic heterocycles. The van der Waals surface area contributed by atoms with Crippen LogP contribution in [0, 0.1) is 5.92 Å². The Balaban J connectivity index is 1.59. The third kappa shape index (κ3) is 3.74. The van der Waals surface area contributed by atoms with Crippen molar-refractivity contribution in [1.29, 1.82) is 0 Å². The van der Waals surface area contributed by atoms with E-state index in [0.29, 0.717) is 29.6 Å². The van der Waals surface area contributed by atoms with Crippen molar-refractivity contribution >= 4 is 34.2 Å². The molecule has 1 unspecified atom stereocenters.